The van der Waals surface area contributed by atoms with E-state index < -0.39 is 0 Å². The second-order valence-corrected chi connectivity index (χ2v) is 13.3. The summed E-state index contributed by atoms with van der Waals surface area (Å²) in [4.78, 5) is 24.3. The third-order valence-corrected chi connectivity index (χ3v) is 11.8. The van der Waals surface area contributed by atoms with Gasteiger partial charge in [-0.05, 0) is 98.7 Å². The minimum absolute atomic E-state index is 0.0633. The van der Waals surface area contributed by atoms with E-state index in [9.17, 15) is 14.7 Å². The van der Waals surface area contributed by atoms with Crippen LogP contribution < -0.4 is 0 Å². The number of hydrogen-bond donors (Lipinski definition) is 1. The molecule has 0 spiro atoms. The molecule has 0 amide bonds. The minimum Gasteiger partial charge on any atom is -0.469 e. The number of hydrogen-bond acceptors (Lipinski definition) is 6. The van der Waals surface area contributed by atoms with Gasteiger partial charge in [0.15, 0.2) is 6.29 Å². The zero-order valence-electron chi connectivity index (χ0n) is 22.9. The maximum Gasteiger partial charge on any atom is 0.305 e. The number of carbonyl (C=O) groups is 2. The molecule has 6 heteroatoms. The summed E-state index contributed by atoms with van der Waals surface area (Å²) < 4.78 is 18.0. The van der Waals surface area contributed by atoms with Crippen molar-refractivity contribution in [3.63, 3.8) is 0 Å². The predicted octanol–water partition coefficient (Wildman–Crippen LogP) is 5.30. The molecule has 36 heavy (non-hydrogen) atoms. The van der Waals surface area contributed by atoms with Crippen LogP contribution in [0.15, 0.2) is 0 Å². The Morgan fingerprint density at radius 3 is 2.69 bits per heavy atom. The third kappa shape index (κ3) is 4.47. The van der Waals surface area contributed by atoms with Crippen LogP contribution in [0.1, 0.15) is 97.8 Å². The molecule has 0 radical (unpaired) electrons. The van der Waals surface area contributed by atoms with Crippen LogP contribution >= 0.6 is 0 Å². The normalized spacial score (nSPS) is 47.4. The lowest BCUT2D eigenvalue weighted by atomic mass is 9.43. The second kappa shape index (κ2) is 10.3. The fourth-order valence-electron chi connectivity index (χ4n) is 9.77. The molecule has 6 nitrogen and oxygen atoms in total. The molecule has 5 fully saturated rings. The monoisotopic (exact) mass is 504 g/mol. The molecule has 0 aromatic heterocycles. The molecule has 0 aromatic carbocycles. The number of esters is 1. The van der Waals surface area contributed by atoms with Gasteiger partial charge in [-0.15, -0.1) is 0 Å². The number of carbonyl (C=O) groups excluding carboxylic acids is 2. The SMILES string of the molecule is COC(=O)CCC(C)C1CCC2C3C(C[C@H](OC4CCCCO4)[C@]12C)[C@@]1(C)CCC(=O)C[C@H]1C[C@H]3O. The lowest BCUT2D eigenvalue weighted by Gasteiger charge is -2.64. The van der Waals surface area contributed by atoms with Crippen LogP contribution in [0.2, 0.25) is 0 Å². The molecule has 4 saturated carbocycles. The molecule has 11 atom stereocenters. The van der Waals surface area contributed by atoms with Gasteiger partial charge in [0.2, 0.25) is 0 Å². The molecule has 5 rings (SSSR count). The Hall–Kier alpha value is -0.980. The topological polar surface area (TPSA) is 82.1 Å². The fraction of sp³-hybridized carbons (Fsp3) is 0.933. The van der Waals surface area contributed by atoms with Crippen LogP contribution in [-0.4, -0.2) is 49.1 Å². The number of aliphatic hydroxyl groups excluding tert-OH is 1. The van der Waals surface area contributed by atoms with E-state index in [0.717, 1.165) is 64.4 Å². The van der Waals surface area contributed by atoms with E-state index in [-0.39, 0.29) is 47.1 Å². The first-order chi connectivity index (χ1) is 17.2. The zero-order chi connectivity index (χ0) is 25.7. The van der Waals surface area contributed by atoms with Crippen molar-refractivity contribution in [2.75, 3.05) is 13.7 Å². The summed E-state index contributed by atoms with van der Waals surface area (Å²) >= 11 is 0. The van der Waals surface area contributed by atoms with E-state index >= 15 is 0 Å². The molecule has 1 heterocycles. The van der Waals surface area contributed by atoms with E-state index in [0.29, 0.717) is 48.7 Å². The van der Waals surface area contributed by atoms with Gasteiger partial charge in [0.25, 0.3) is 0 Å². The minimum atomic E-state index is -0.348. The van der Waals surface area contributed by atoms with E-state index in [1.54, 1.807) is 0 Å². The van der Waals surface area contributed by atoms with Crippen molar-refractivity contribution in [3.05, 3.63) is 0 Å². The van der Waals surface area contributed by atoms with Crippen LogP contribution in [0.25, 0.3) is 0 Å². The number of ketones is 1. The van der Waals surface area contributed by atoms with E-state index in [1.807, 2.05) is 0 Å². The van der Waals surface area contributed by atoms with Gasteiger partial charge in [-0.25, -0.2) is 0 Å². The van der Waals surface area contributed by atoms with Gasteiger partial charge in [0.05, 0.1) is 19.3 Å². The lowest BCUT2D eigenvalue weighted by molar-refractivity contribution is -0.264. The molecular formula is C30H48O6. The molecule has 0 bridgehead atoms. The van der Waals surface area contributed by atoms with E-state index in [4.69, 9.17) is 14.2 Å². The van der Waals surface area contributed by atoms with Crippen molar-refractivity contribution in [2.24, 2.45) is 46.3 Å². The Morgan fingerprint density at radius 2 is 1.97 bits per heavy atom. The van der Waals surface area contributed by atoms with Gasteiger partial charge in [0, 0.05) is 31.3 Å². The Balaban J connectivity index is 1.46. The molecule has 204 valence electrons. The Morgan fingerprint density at radius 1 is 1.17 bits per heavy atom. The zero-order valence-corrected chi connectivity index (χ0v) is 22.9. The number of fused-ring (bicyclic) bond motifs is 5. The van der Waals surface area contributed by atoms with Crippen LogP contribution in [0.4, 0.5) is 0 Å². The summed E-state index contributed by atoms with van der Waals surface area (Å²) in [6.45, 7) is 7.90. The number of aliphatic hydroxyl groups is 1. The summed E-state index contributed by atoms with van der Waals surface area (Å²) in [6, 6.07) is 0. The van der Waals surface area contributed by atoms with Crippen LogP contribution in [-0.2, 0) is 23.8 Å². The van der Waals surface area contributed by atoms with Crippen molar-refractivity contribution in [3.8, 4) is 0 Å². The summed E-state index contributed by atoms with van der Waals surface area (Å²) in [5.41, 5.74) is 0.0227. The predicted molar refractivity (Wildman–Crippen MR) is 136 cm³/mol. The highest BCUT2D eigenvalue weighted by Crippen LogP contribution is 2.69. The maximum absolute atomic E-state index is 12.4. The van der Waals surface area contributed by atoms with Crippen molar-refractivity contribution in [1.82, 2.24) is 0 Å². The van der Waals surface area contributed by atoms with Crippen LogP contribution in [0, 0.1) is 46.3 Å². The van der Waals surface area contributed by atoms with Gasteiger partial charge in [0.1, 0.15) is 5.78 Å². The lowest BCUT2D eigenvalue weighted by Crippen LogP contribution is -2.63. The molecule has 1 saturated heterocycles. The van der Waals surface area contributed by atoms with Crippen molar-refractivity contribution in [2.45, 2.75) is 116 Å². The highest BCUT2D eigenvalue weighted by molar-refractivity contribution is 5.79. The summed E-state index contributed by atoms with van der Waals surface area (Å²) in [5.74, 6) is 2.35. The molecule has 1 aliphatic heterocycles. The molecule has 4 aliphatic carbocycles. The Labute approximate surface area is 217 Å². The number of rotatable bonds is 6. The van der Waals surface area contributed by atoms with Crippen molar-refractivity contribution in [1.29, 1.82) is 0 Å². The first kappa shape index (κ1) is 26.6. The average molecular weight is 505 g/mol. The Kier molecular flexibility index (Phi) is 7.61. The smallest absolute Gasteiger partial charge is 0.305 e. The van der Waals surface area contributed by atoms with Crippen LogP contribution in [0.5, 0.6) is 0 Å². The van der Waals surface area contributed by atoms with E-state index in [1.165, 1.54) is 7.11 Å². The first-order valence-electron chi connectivity index (χ1n) is 14.7. The van der Waals surface area contributed by atoms with Gasteiger partial charge in [-0.1, -0.05) is 20.8 Å². The number of Topliss-reactive ketones (excluding diaryl/α,β-unsaturated/α-hetero) is 1. The largest absolute Gasteiger partial charge is 0.469 e. The highest BCUT2D eigenvalue weighted by atomic mass is 16.7. The van der Waals surface area contributed by atoms with Gasteiger partial charge < -0.3 is 19.3 Å². The standard InChI is InChI=1S/C30H48O6/c1-18(8-11-26(33)34-4)21-9-10-22-28-23(29(2)13-12-20(31)15-19(29)16-24(28)32)17-25(30(21,22)3)36-27-7-5-6-14-35-27/h18-19,21-25,27-28,32H,5-17H2,1-4H3/t18?,19-,21?,22?,23?,24+,25-,27?,28?,29-,30+/m0/s1. The summed E-state index contributed by atoms with van der Waals surface area (Å²) in [5, 5.41) is 11.6. The van der Waals surface area contributed by atoms with Gasteiger partial charge >= 0.3 is 5.97 Å². The molecule has 1 N–H and O–H groups in total. The fourth-order valence-corrected chi connectivity index (χ4v) is 9.77. The average Bonchev–Trinajstić information content (AvgIpc) is 3.22. The number of methoxy groups -OCH3 is 1. The second-order valence-electron chi connectivity index (χ2n) is 13.3. The number of ether oxygens (including phenoxy) is 3. The molecule has 6 unspecified atom stereocenters. The van der Waals surface area contributed by atoms with Crippen molar-refractivity contribution < 1.29 is 28.9 Å². The summed E-state index contributed by atoms with van der Waals surface area (Å²) in [7, 11) is 1.46. The molecule has 5 aliphatic rings. The highest BCUT2D eigenvalue weighted by Gasteiger charge is 2.66. The molecular weight excluding hydrogens is 456 g/mol. The van der Waals surface area contributed by atoms with Crippen molar-refractivity contribution >= 4 is 11.8 Å². The Bertz CT molecular complexity index is 822. The first-order valence-corrected chi connectivity index (χ1v) is 14.7. The third-order valence-electron chi connectivity index (χ3n) is 11.8. The van der Waals surface area contributed by atoms with E-state index in [2.05, 4.69) is 20.8 Å². The van der Waals surface area contributed by atoms with Gasteiger partial charge in [-0.2, -0.15) is 0 Å². The maximum atomic E-state index is 12.4. The molecule has 0 aromatic rings. The van der Waals surface area contributed by atoms with Gasteiger partial charge in [-0.3, -0.25) is 9.59 Å². The summed E-state index contributed by atoms with van der Waals surface area (Å²) in [6.07, 6.45) is 10.2. The quantitative estimate of drug-likeness (QED) is 0.391. The van der Waals surface area contributed by atoms with Crippen LogP contribution in [0.3, 0.4) is 0 Å².